The first kappa shape index (κ1) is 13.3. The van der Waals surface area contributed by atoms with E-state index >= 15 is 0 Å². The van der Waals surface area contributed by atoms with Crippen LogP contribution in [0.5, 0.6) is 0 Å². The van der Waals surface area contributed by atoms with Crippen molar-refractivity contribution in [2.75, 3.05) is 17.2 Å². The maximum absolute atomic E-state index is 11.7. The molecule has 1 aromatic carbocycles. The molecule has 4 heteroatoms. The van der Waals surface area contributed by atoms with Crippen molar-refractivity contribution in [2.24, 2.45) is 11.7 Å². The first-order valence-corrected chi connectivity index (χ1v) is 7.63. The van der Waals surface area contributed by atoms with E-state index in [2.05, 4.69) is 4.90 Å². The van der Waals surface area contributed by atoms with Gasteiger partial charge in [0.1, 0.15) is 0 Å². The molecule has 0 aromatic heterocycles. The standard InChI is InChI=1S/C16H23N3O/c17-12-7-8-15(13(10-12)16(18)20)19-9-3-5-11-4-1-2-6-14(11)19/h7-8,10-11,14H,1-6,9,17H2,(H2,18,20). The first-order valence-electron chi connectivity index (χ1n) is 7.63. The van der Waals surface area contributed by atoms with E-state index in [1.165, 1.54) is 38.5 Å². The van der Waals surface area contributed by atoms with Gasteiger partial charge in [-0.25, -0.2) is 0 Å². The molecule has 1 aromatic rings. The highest BCUT2D eigenvalue weighted by molar-refractivity contribution is 5.99. The van der Waals surface area contributed by atoms with E-state index < -0.39 is 0 Å². The molecule has 3 rings (SSSR count). The largest absolute Gasteiger partial charge is 0.399 e. The summed E-state index contributed by atoms with van der Waals surface area (Å²) in [4.78, 5) is 14.1. The zero-order valence-corrected chi connectivity index (χ0v) is 11.8. The second kappa shape index (κ2) is 5.35. The van der Waals surface area contributed by atoms with Crippen LogP contribution < -0.4 is 16.4 Å². The molecule has 108 valence electrons. The lowest BCUT2D eigenvalue weighted by Gasteiger charge is -2.46. The van der Waals surface area contributed by atoms with Gasteiger partial charge in [0.2, 0.25) is 0 Å². The summed E-state index contributed by atoms with van der Waals surface area (Å²) in [6, 6.07) is 6.12. The molecule has 4 nitrogen and oxygen atoms in total. The van der Waals surface area contributed by atoms with Crippen molar-refractivity contribution in [3.8, 4) is 0 Å². The Morgan fingerprint density at radius 2 is 1.90 bits per heavy atom. The number of amides is 1. The molecule has 1 saturated heterocycles. The van der Waals surface area contributed by atoms with Gasteiger partial charge in [-0.3, -0.25) is 4.79 Å². The van der Waals surface area contributed by atoms with Crippen LogP contribution in [0.25, 0.3) is 0 Å². The van der Waals surface area contributed by atoms with E-state index in [0.717, 1.165) is 18.2 Å². The smallest absolute Gasteiger partial charge is 0.250 e. The van der Waals surface area contributed by atoms with Gasteiger partial charge in [-0.1, -0.05) is 12.8 Å². The highest BCUT2D eigenvalue weighted by atomic mass is 16.1. The molecule has 1 amide bonds. The van der Waals surface area contributed by atoms with Gasteiger partial charge in [0.15, 0.2) is 0 Å². The maximum Gasteiger partial charge on any atom is 0.250 e. The summed E-state index contributed by atoms with van der Waals surface area (Å²) in [6.45, 7) is 1.02. The fourth-order valence-electron chi connectivity index (χ4n) is 3.93. The molecular weight excluding hydrogens is 250 g/mol. The highest BCUT2D eigenvalue weighted by Crippen LogP contribution is 2.39. The molecular formula is C16H23N3O. The van der Waals surface area contributed by atoms with Crippen LogP contribution in [0.15, 0.2) is 18.2 Å². The predicted octanol–water partition coefficient (Wildman–Crippen LogP) is 2.53. The normalized spacial score (nSPS) is 26.1. The Kier molecular flexibility index (Phi) is 3.55. The Hall–Kier alpha value is -1.71. The van der Waals surface area contributed by atoms with Crippen LogP contribution in [-0.2, 0) is 0 Å². The Labute approximate surface area is 120 Å². The molecule has 20 heavy (non-hydrogen) atoms. The van der Waals surface area contributed by atoms with Crippen molar-refractivity contribution in [1.29, 1.82) is 0 Å². The second-order valence-corrected chi connectivity index (χ2v) is 6.09. The third kappa shape index (κ3) is 2.35. The first-order chi connectivity index (χ1) is 9.66. The average molecular weight is 273 g/mol. The number of piperidine rings is 1. The molecule has 0 spiro atoms. The quantitative estimate of drug-likeness (QED) is 0.813. The van der Waals surface area contributed by atoms with Crippen molar-refractivity contribution in [2.45, 2.75) is 44.6 Å². The minimum Gasteiger partial charge on any atom is -0.399 e. The van der Waals surface area contributed by atoms with Gasteiger partial charge < -0.3 is 16.4 Å². The SMILES string of the molecule is NC(=O)c1cc(N)ccc1N1CCCC2CCCCC21. The number of nitrogens with two attached hydrogens (primary N) is 2. The molecule has 2 unspecified atom stereocenters. The zero-order chi connectivity index (χ0) is 14.1. The van der Waals surface area contributed by atoms with Crippen molar-refractivity contribution in [3.05, 3.63) is 23.8 Å². The number of hydrogen-bond donors (Lipinski definition) is 2. The Morgan fingerprint density at radius 3 is 2.70 bits per heavy atom. The fraction of sp³-hybridized carbons (Fsp3) is 0.562. The van der Waals surface area contributed by atoms with Crippen LogP contribution in [0.2, 0.25) is 0 Å². The van der Waals surface area contributed by atoms with E-state index in [-0.39, 0.29) is 5.91 Å². The Bertz CT molecular complexity index is 512. The summed E-state index contributed by atoms with van der Waals surface area (Å²) in [5, 5.41) is 0. The molecule has 4 N–H and O–H groups in total. The van der Waals surface area contributed by atoms with Crippen LogP contribution >= 0.6 is 0 Å². The van der Waals surface area contributed by atoms with Crippen LogP contribution in [0, 0.1) is 5.92 Å². The molecule has 1 saturated carbocycles. The van der Waals surface area contributed by atoms with Gasteiger partial charge in [0.05, 0.1) is 5.56 Å². The molecule has 0 bridgehead atoms. The van der Waals surface area contributed by atoms with Crippen LogP contribution in [0.4, 0.5) is 11.4 Å². The van der Waals surface area contributed by atoms with Crippen molar-refractivity contribution in [1.82, 2.24) is 0 Å². The third-order valence-electron chi connectivity index (χ3n) is 4.84. The summed E-state index contributed by atoms with van der Waals surface area (Å²) in [7, 11) is 0. The average Bonchev–Trinajstić information content (AvgIpc) is 2.46. The molecule has 1 aliphatic heterocycles. The number of anilines is 2. The molecule has 1 aliphatic carbocycles. The minimum atomic E-state index is -0.384. The van der Waals surface area contributed by atoms with Crippen LogP contribution in [0.1, 0.15) is 48.9 Å². The van der Waals surface area contributed by atoms with E-state index in [0.29, 0.717) is 17.3 Å². The molecule has 0 radical (unpaired) electrons. The predicted molar refractivity (Wildman–Crippen MR) is 81.7 cm³/mol. The number of carbonyl (C=O) groups excluding carboxylic acids is 1. The van der Waals surface area contributed by atoms with Gasteiger partial charge in [-0.2, -0.15) is 0 Å². The van der Waals surface area contributed by atoms with Crippen molar-refractivity contribution in [3.63, 3.8) is 0 Å². The monoisotopic (exact) mass is 273 g/mol. The van der Waals surface area contributed by atoms with E-state index in [1.807, 2.05) is 12.1 Å². The van der Waals surface area contributed by atoms with Crippen molar-refractivity contribution >= 4 is 17.3 Å². The van der Waals surface area contributed by atoms with Gasteiger partial charge in [0.25, 0.3) is 5.91 Å². The highest BCUT2D eigenvalue weighted by Gasteiger charge is 2.34. The number of benzene rings is 1. The van der Waals surface area contributed by atoms with Gasteiger partial charge in [-0.05, 0) is 49.8 Å². The summed E-state index contributed by atoms with van der Waals surface area (Å²) in [5.74, 6) is 0.390. The lowest BCUT2D eigenvalue weighted by atomic mass is 9.78. The van der Waals surface area contributed by atoms with E-state index in [9.17, 15) is 4.79 Å². The number of fused-ring (bicyclic) bond motifs is 1. The number of hydrogen-bond acceptors (Lipinski definition) is 3. The third-order valence-corrected chi connectivity index (χ3v) is 4.84. The maximum atomic E-state index is 11.7. The summed E-state index contributed by atoms with van der Waals surface area (Å²) in [6.07, 6.45) is 7.71. The summed E-state index contributed by atoms with van der Waals surface area (Å²) in [5.41, 5.74) is 13.5. The fourth-order valence-corrected chi connectivity index (χ4v) is 3.93. The number of nitrogen functional groups attached to an aromatic ring is 1. The topological polar surface area (TPSA) is 72.3 Å². The molecule has 1 heterocycles. The lowest BCUT2D eigenvalue weighted by Crippen LogP contribution is -2.47. The van der Waals surface area contributed by atoms with Crippen LogP contribution in [0.3, 0.4) is 0 Å². The second-order valence-electron chi connectivity index (χ2n) is 6.09. The zero-order valence-electron chi connectivity index (χ0n) is 11.8. The van der Waals surface area contributed by atoms with Crippen LogP contribution in [-0.4, -0.2) is 18.5 Å². The molecule has 2 fully saturated rings. The lowest BCUT2D eigenvalue weighted by molar-refractivity contribution is 0.100. The van der Waals surface area contributed by atoms with Gasteiger partial charge >= 0.3 is 0 Å². The summed E-state index contributed by atoms with van der Waals surface area (Å²) >= 11 is 0. The van der Waals surface area contributed by atoms with E-state index in [1.54, 1.807) is 6.07 Å². The number of nitrogens with zero attached hydrogens (tertiary/aromatic N) is 1. The Morgan fingerprint density at radius 1 is 1.15 bits per heavy atom. The molecule has 2 atom stereocenters. The minimum absolute atomic E-state index is 0.384. The summed E-state index contributed by atoms with van der Waals surface area (Å²) < 4.78 is 0. The van der Waals surface area contributed by atoms with Gasteiger partial charge in [-0.15, -0.1) is 0 Å². The van der Waals surface area contributed by atoms with Gasteiger partial charge in [0, 0.05) is 24.0 Å². The number of carbonyl (C=O) groups is 1. The number of rotatable bonds is 2. The molecule has 2 aliphatic rings. The Balaban J connectivity index is 1.96. The van der Waals surface area contributed by atoms with E-state index in [4.69, 9.17) is 11.5 Å². The number of primary amides is 1. The van der Waals surface area contributed by atoms with Crippen molar-refractivity contribution < 1.29 is 4.79 Å².